The van der Waals surface area contributed by atoms with E-state index in [0.717, 1.165) is 18.4 Å². The molecule has 2 aliphatic rings. The molecule has 0 aromatic heterocycles. The molecule has 1 aliphatic carbocycles. The molecule has 3 rings (SSSR count). The molecule has 19 heavy (non-hydrogen) atoms. The van der Waals surface area contributed by atoms with Crippen molar-refractivity contribution in [1.82, 2.24) is 4.90 Å². The number of likely N-dealkylation sites (tertiary alicyclic amines) is 1. The van der Waals surface area contributed by atoms with Gasteiger partial charge < -0.3 is 10.6 Å². The Balaban J connectivity index is 1.91. The number of rotatable bonds is 2. The SMILES string of the molecule is NC1CC(=O)N(C2CCCC2)C1c1ccc(F)cc1. The number of amides is 1. The minimum Gasteiger partial charge on any atom is -0.331 e. The molecule has 1 aromatic carbocycles. The molecule has 102 valence electrons. The second-order valence-corrected chi connectivity index (χ2v) is 5.60. The Bertz CT molecular complexity index is 468. The number of hydrogen-bond acceptors (Lipinski definition) is 2. The van der Waals surface area contributed by atoms with E-state index in [-0.39, 0.29) is 23.8 Å². The van der Waals surface area contributed by atoms with Crippen LogP contribution in [0.25, 0.3) is 0 Å². The third-order valence-electron chi connectivity index (χ3n) is 4.33. The lowest BCUT2D eigenvalue weighted by Crippen LogP contribution is -2.39. The van der Waals surface area contributed by atoms with Crippen LogP contribution in [0.3, 0.4) is 0 Å². The molecule has 1 amide bonds. The standard InChI is InChI=1S/C15H19FN2O/c16-11-7-5-10(6-8-11)15-13(17)9-14(19)18(15)12-3-1-2-4-12/h5-8,12-13,15H,1-4,9,17H2. The summed E-state index contributed by atoms with van der Waals surface area (Å²) in [6, 6.07) is 6.43. The number of halogens is 1. The van der Waals surface area contributed by atoms with E-state index in [0.29, 0.717) is 12.5 Å². The second-order valence-electron chi connectivity index (χ2n) is 5.60. The Kier molecular flexibility index (Phi) is 3.27. The minimum atomic E-state index is -0.255. The number of hydrogen-bond donors (Lipinski definition) is 1. The van der Waals surface area contributed by atoms with Crippen LogP contribution >= 0.6 is 0 Å². The highest BCUT2D eigenvalue weighted by Gasteiger charge is 2.42. The normalized spacial score (nSPS) is 28.3. The second kappa shape index (κ2) is 4.93. The van der Waals surface area contributed by atoms with Gasteiger partial charge in [-0.1, -0.05) is 25.0 Å². The summed E-state index contributed by atoms with van der Waals surface area (Å²) in [6.45, 7) is 0. The third-order valence-corrected chi connectivity index (χ3v) is 4.33. The third kappa shape index (κ3) is 2.25. The molecule has 1 saturated heterocycles. The van der Waals surface area contributed by atoms with Gasteiger partial charge in [0.25, 0.3) is 0 Å². The smallest absolute Gasteiger partial charge is 0.225 e. The highest BCUT2D eigenvalue weighted by Crippen LogP contribution is 2.38. The first-order chi connectivity index (χ1) is 9.16. The molecule has 1 aromatic rings. The lowest BCUT2D eigenvalue weighted by molar-refractivity contribution is -0.131. The van der Waals surface area contributed by atoms with Gasteiger partial charge in [0.05, 0.1) is 6.04 Å². The number of carbonyl (C=O) groups excluding carboxylic acids is 1. The zero-order valence-electron chi connectivity index (χ0n) is 10.9. The van der Waals surface area contributed by atoms with Crippen molar-refractivity contribution in [3.05, 3.63) is 35.6 Å². The van der Waals surface area contributed by atoms with Crippen molar-refractivity contribution in [3.63, 3.8) is 0 Å². The monoisotopic (exact) mass is 262 g/mol. The fraction of sp³-hybridized carbons (Fsp3) is 0.533. The molecule has 1 saturated carbocycles. The molecule has 1 heterocycles. The van der Waals surface area contributed by atoms with E-state index in [4.69, 9.17) is 5.73 Å². The van der Waals surface area contributed by atoms with Crippen LogP contribution in [0.15, 0.2) is 24.3 Å². The number of nitrogens with two attached hydrogens (primary N) is 1. The van der Waals surface area contributed by atoms with Crippen molar-refractivity contribution < 1.29 is 9.18 Å². The van der Waals surface area contributed by atoms with E-state index < -0.39 is 0 Å². The van der Waals surface area contributed by atoms with Crippen LogP contribution in [0.2, 0.25) is 0 Å². The van der Waals surface area contributed by atoms with Gasteiger partial charge in [-0.25, -0.2) is 4.39 Å². The van der Waals surface area contributed by atoms with Crippen LogP contribution in [0, 0.1) is 5.82 Å². The summed E-state index contributed by atoms with van der Waals surface area (Å²) in [7, 11) is 0. The molecule has 1 aliphatic heterocycles. The van der Waals surface area contributed by atoms with Gasteiger partial charge in [-0.05, 0) is 30.5 Å². The van der Waals surface area contributed by atoms with Crippen molar-refractivity contribution in [2.75, 3.05) is 0 Å². The van der Waals surface area contributed by atoms with E-state index in [9.17, 15) is 9.18 Å². The van der Waals surface area contributed by atoms with Crippen molar-refractivity contribution in [3.8, 4) is 0 Å². The van der Waals surface area contributed by atoms with Crippen LogP contribution in [0.1, 0.15) is 43.7 Å². The van der Waals surface area contributed by atoms with E-state index in [1.54, 1.807) is 12.1 Å². The first kappa shape index (κ1) is 12.6. The van der Waals surface area contributed by atoms with E-state index in [1.165, 1.54) is 25.0 Å². The van der Waals surface area contributed by atoms with Crippen molar-refractivity contribution >= 4 is 5.91 Å². The Morgan fingerprint density at radius 3 is 2.42 bits per heavy atom. The first-order valence-electron chi connectivity index (χ1n) is 6.99. The van der Waals surface area contributed by atoms with Gasteiger partial charge in [0.1, 0.15) is 5.82 Å². The van der Waals surface area contributed by atoms with E-state index in [1.807, 2.05) is 4.90 Å². The van der Waals surface area contributed by atoms with Gasteiger partial charge in [-0.2, -0.15) is 0 Å². The predicted molar refractivity (Wildman–Crippen MR) is 70.8 cm³/mol. The van der Waals surface area contributed by atoms with E-state index in [2.05, 4.69) is 0 Å². The molecule has 2 fully saturated rings. The van der Waals surface area contributed by atoms with Crippen LogP contribution in [0.4, 0.5) is 4.39 Å². The molecule has 3 nitrogen and oxygen atoms in total. The number of carbonyl (C=O) groups is 1. The zero-order chi connectivity index (χ0) is 13.4. The van der Waals surface area contributed by atoms with E-state index >= 15 is 0 Å². The predicted octanol–water partition coefficient (Wildman–Crippen LogP) is 2.37. The summed E-state index contributed by atoms with van der Waals surface area (Å²) in [5, 5.41) is 0. The summed E-state index contributed by atoms with van der Waals surface area (Å²) in [5.41, 5.74) is 7.09. The first-order valence-corrected chi connectivity index (χ1v) is 6.99. The maximum absolute atomic E-state index is 13.0. The molecular weight excluding hydrogens is 243 g/mol. The van der Waals surface area contributed by atoms with Gasteiger partial charge in [-0.3, -0.25) is 4.79 Å². The fourth-order valence-electron chi connectivity index (χ4n) is 3.46. The summed E-state index contributed by atoms with van der Waals surface area (Å²) >= 11 is 0. The molecular formula is C15H19FN2O. The Morgan fingerprint density at radius 2 is 1.79 bits per heavy atom. The van der Waals surface area contributed by atoms with Gasteiger partial charge in [-0.15, -0.1) is 0 Å². The molecule has 2 atom stereocenters. The fourth-order valence-corrected chi connectivity index (χ4v) is 3.46. The van der Waals surface area contributed by atoms with Crippen molar-refractivity contribution in [2.24, 2.45) is 5.73 Å². The minimum absolute atomic E-state index is 0.0869. The highest BCUT2D eigenvalue weighted by molar-refractivity contribution is 5.80. The lowest BCUT2D eigenvalue weighted by atomic mass is 9.99. The molecule has 0 bridgehead atoms. The van der Waals surface area contributed by atoms with Gasteiger partial charge in [0.15, 0.2) is 0 Å². The van der Waals surface area contributed by atoms with Crippen LogP contribution < -0.4 is 5.73 Å². The zero-order valence-corrected chi connectivity index (χ0v) is 10.9. The lowest BCUT2D eigenvalue weighted by Gasteiger charge is -2.32. The summed E-state index contributed by atoms with van der Waals surface area (Å²) in [5.74, 6) is -0.109. The van der Waals surface area contributed by atoms with Crippen LogP contribution in [-0.4, -0.2) is 22.9 Å². The average molecular weight is 262 g/mol. The number of nitrogens with zero attached hydrogens (tertiary/aromatic N) is 1. The van der Waals surface area contributed by atoms with Gasteiger partial charge >= 0.3 is 0 Å². The molecule has 0 radical (unpaired) electrons. The Hall–Kier alpha value is -1.42. The quantitative estimate of drug-likeness (QED) is 0.889. The van der Waals surface area contributed by atoms with Crippen LogP contribution in [0.5, 0.6) is 0 Å². The molecule has 2 unspecified atom stereocenters. The topological polar surface area (TPSA) is 46.3 Å². The maximum atomic E-state index is 13.0. The van der Waals surface area contributed by atoms with Crippen molar-refractivity contribution in [1.29, 1.82) is 0 Å². The van der Waals surface area contributed by atoms with Gasteiger partial charge in [0, 0.05) is 18.5 Å². The largest absolute Gasteiger partial charge is 0.331 e. The highest BCUT2D eigenvalue weighted by atomic mass is 19.1. The summed E-state index contributed by atoms with van der Waals surface area (Å²) in [6.07, 6.45) is 4.89. The molecule has 0 spiro atoms. The molecule has 2 N–H and O–H groups in total. The number of benzene rings is 1. The van der Waals surface area contributed by atoms with Crippen molar-refractivity contribution in [2.45, 2.75) is 50.2 Å². The summed E-state index contributed by atoms with van der Waals surface area (Å²) < 4.78 is 13.0. The van der Waals surface area contributed by atoms with Crippen LogP contribution in [-0.2, 0) is 4.79 Å². The Morgan fingerprint density at radius 1 is 1.16 bits per heavy atom. The summed E-state index contributed by atoms with van der Waals surface area (Å²) in [4.78, 5) is 14.2. The maximum Gasteiger partial charge on any atom is 0.225 e. The molecule has 4 heteroatoms. The van der Waals surface area contributed by atoms with Gasteiger partial charge in [0.2, 0.25) is 5.91 Å². The Labute approximate surface area is 112 Å². The average Bonchev–Trinajstić information content (AvgIpc) is 2.98.